The van der Waals surface area contributed by atoms with Crippen LogP contribution >= 0.6 is 0 Å². The van der Waals surface area contributed by atoms with E-state index in [1.807, 2.05) is 0 Å². The number of para-hydroxylation sites is 3. The summed E-state index contributed by atoms with van der Waals surface area (Å²) in [5.74, 6) is -0.344. The minimum absolute atomic E-state index is 0.0273. The van der Waals surface area contributed by atoms with E-state index < -0.39 is 165 Å². The molecular weight excluding hydrogens is 532 g/mol. The molecule has 9 rings (SSSR count). The van der Waals surface area contributed by atoms with Crippen molar-refractivity contribution in [1.82, 2.24) is 9.55 Å². The van der Waals surface area contributed by atoms with Gasteiger partial charge in [-0.3, -0.25) is 4.57 Å². The van der Waals surface area contributed by atoms with E-state index in [9.17, 15) is 9.60 Å². The van der Waals surface area contributed by atoms with Gasteiger partial charge in [0.1, 0.15) is 5.82 Å². The fraction of sp³-hybridized carbons (Fsp3) is 0.0714. The average molecular weight is 583 g/mol. The summed E-state index contributed by atoms with van der Waals surface area (Å²) in [7, 11) is 0. The molecule has 0 spiro atoms. The van der Waals surface area contributed by atoms with Gasteiger partial charge < -0.3 is 0 Å². The molecule has 44 heavy (non-hydrogen) atoms. The largest absolute Gasteiger partial charge is 0.292 e. The molecule has 1 aliphatic rings. The van der Waals surface area contributed by atoms with Crippen molar-refractivity contribution in [2.45, 2.75) is 19.3 Å². The minimum Gasteiger partial charge on any atom is -0.292 e. The molecule has 7 aromatic carbocycles. The van der Waals surface area contributed by atoms with Crippen LogP contribution in [0.5, 0.6) is 0 Å². The van der Waals surface area contributed by atoms with Gasteiger partial charge in [0, 0.05) is 16.7 Å². The van der Waals surface area contributed by atoms with Gasteiger partial charge >= 0.3 is 0 Å². The van der Waals surface area contributed by atoms with Crippen molar-refractivity contribution >= 4 is 32.6 Å². The number of hydrogen-bond donors (Lipinski definition) is 0. The molecule has 1 heterocycles. The van der Waals surface area contributed by atoms with Crippen molar-refractivity contribution in [3.05, 3.63) is 156 Å². The molecule has 0 fully saturated rings. The number of hydrogen-bond acceptors (Lipinski definition) is 1. The number of aromatic nitrogens is 2. The van der Waals surface area contributed by atoms with E-state index in [1.54, 1.807) is 26.0 Å². The summed E-state index contributed by atoms with van der Waals surface area (Å²) in [5, 5.41) is -1.79. The second kappa shape index (κ2) is 9.26. The first-order valence-corrected chi connectivity index (χ1v) is 13.7. The lowest BCUT2D eigenvalue weighted by Gasteiger charge is -2.23. The maximum atomic E-state index is 9.90. The fourth-order valence-electron chi connectivity index (χ4n) is 6.16. The minimum atomic E-state index is -1.45. The second-order valence-corrected chi connectivity index (χ2v) is 10.9. The second-order valence-electron chi connectivity index (χ2n) is 10.9. The summed E-state index contributed by atoms with van der Waals surface area (Å²) in [6, 6.07) is -7.63. The van der Waals surface area contributed by atoms with Crippen molar-refractivity contribution in [1.29, 1.82) is 0 Å². The highest BCUT2D eigenvalue weighted by molar-refractivity contribution is 6.21. The summed E-state index contributed by atoms with van der Waals surface area (Å²) in [4.78, 5) is 4.79. The first kappa shape index (κ1) is 12.3. The van der Waals surface area contributed by atoms with Crippen molar-refractivity contribution in [3.63, 3.8) is 0 Å². The maximum absolute atomic E-state index is 9.90. The highest BCUT2D eigenvalue weighted by Gasteiger charge is 2.35. The SMILES string of the molecule is [2H]c1c([2H])c([2H])c(-n2c(-c3c4c([2H])c([2H])c([2H])c([2H])c4c(-c4c([2H])c([2H])c5c(c4[2H])C(C)(C)c4c([2H])c([2H])c([2H])c([2H])c4-5)c4c([2H])c([2H])c([2H])c([2H])c34)nc3ccccc32)c([2H])c1[2H]. The number of benzene rings is 7. The number of nitrogens with zero attached hydrogens (tertiary/aromatic N) is 2. The van der Waals surface area contributed by atoms with Crippen LogP contribution in [0.2, 0.25) is 0 Å². The Morgan fingerprint density at radius 3 is 1.91 bits per heavy atom. The molecule has 0 amide bonds. The Labute approximate surface area is 285 Å². The summed E-state index contributed by atoms with van der Waals surface area (Å²) in [6.45, 7) is 3.15. The summed E-state index contributed by atoms with van der Waals surface area (Å²) >= 11 is 0. The van der Waals surface area contributed by atoms with Crippen LogP contribution in [0.4, 0.5) is 0 Å². The van der Waals surface area contributed by atoms with E-state index in [2.05, 4.69) is 0 Å². The Bertz CT molecular complexity index is 3430. The van der Waals surface area contributed by atoms with Gasteiger partial charge in [0.15, 0.2) is 0 Å². The van der Waals surface area contributed by atoms with E-state index in [-0.39, 0.29) is 44.7 Å². The zero-order chi connectivity index (χ0) is 46.8. The van der Waals surface area contributed by atoms with Crippen molar-refractivity contribution in [2.75, 3.05) is 0 Å². The Balaban J connectivity index is 1.59. The molecule has 0 saturated heterocycles. The maximum Gasteiger partial charge on any atom is 0.146 e. The molecule has 0 bridgehead atoms. The molecule has 2 heteroatoms. The number of imidazole rings is 1. The molecule has 0 unspecified atom stereocenters. The van der Waals surface area contributed by atoms with Crippen LogP contribution in [-0.2, 0) is 5.41 Å². The summed E-state index contributed by atoms with van der Waals surface area (Å²) in [5.41, 5.74) is -3.08. The monoisotopic (exact) mass is 582 g/mol. The van der Waals surface area contributed by atoms with E-state index in [4.69, 9.17) is 22.8 Å². The average Bonchev–Trinajstić information content (AvgIpc) is 3.76. The van der Waals surface area contributed by atoms with Crippen LogP contribution in [0, 0.1) is 0 Å². The Morgan fingerprint density at radius 2 is 1.18 bits per heavy atom. The lowest BCUT2D eigenvalue weighted by Crippen LogP contribution is -2.14. The number of rotatable bonds is 3. The third-order valence-corrected chi connectivity index (χ3v) is 8.12. The van der Waals surface area contributed by atoms with E-state index in [1.165, 1.54) is 16.7 Å². The molecule has 0 N–H and O–H groups in total. The molecule has 1 aromatic heterocycles. The van der Waals surface area contributed by atoms with Gasteiger partial charge in [0.05, 0.1) is 38.4 Å². The van der Waals surface area contributed by atoms with Crippen molar-refractivity contribution in [3.8, 4) is 39.3 Å². The van der Waals surface area contributed by atoms with E-state index in [0.717, 1.165) is 0 Å². The van der Waals surface area contributed by atoms with Gasteiger partial charge in [-0.2, -0.15) is 0 Å². The molecule has 208 valence electrons. The number of fused-ring (bicyclic) bond motifs is 6. The molecule has 2 nitrogen and oxygen atoms in total. The van der Waals surface area contributed by atoms with Crippen LogP contribution in [-0.4, -0.2) is 9.55 Å². The van der Waals surface area contributed by atoms with Gasteiger partial charge in [-0.1, -0.05) is 129 Å². The lowest BCUT2D eigenvalue weighted by atomic mass is 9.80. The Morgan fingerprint density at radius 1 is 0.591 bits per heavy atom. The third-order valence-electron chi connectivity index (χ3n) is 8.12. The fourth-order valence-corrected chi connectivity index (χ4v) is 6.16. The van der Waals surface area contributed by atoms with E-state index in [0.29, 0.717) is 0 Å². The van der Waals surface area contributed by atoms with Crippen LogP contribution in [0.25, 0.3) is 71.9 Å². The molecular formula is C42H30N2. The Kier molecular flexibility index (Phi) is 2.58. The van der Waals surface area contributed by atoms with Gasteiger partial charge in [0.2, 0.25) is 0 Å². The predicted molar refractivity (Wildman–Crippen MR) is 185 cm³/mol. The summed E-state index contributed by atoms with van der Waals surface area (Å²) in [6.07, 6.45) is 0. The molecule has 1 aliphatic carbocycles. The zero-order valence-corrected chi connectivity index (χ0v) is 23.2. The van der Waals surface area contributed by atoms with Crippen molar-refractivity contribution in [2.24, 2.45) is 0 Å². The molecule has 8 aromatic rings. The highest BCUT2D eigenvalue weighted by Crippen LogP contribution is 2.51. The smallest absolute Gasteiger partial charge is 0.146 e. The van der Waals surface area contributed by atoms with Gasteiger partial charge in [-0.25, -0.2) is 4.98 Å². The van der Waals surface area contributed by atoms with E-state index >= 15 is 0 Å². The van der Waals surface area contributed by atoms with Crippen LogP contribution < -0.4 is 0 Å². The zero-order valence-electron chi connectivity index (χ0n) is 43.2. The Hall–Kier alpha value is -5.47. The molecule has 0 saturated carbocycles. The molecule has 0 aliphatic heterocycles. The van der Waals surface area contributed by atoms with Gasteiger partial charge in [-0.05, 0) is 85.2 Å². The van der Waals surface area contributed by atoms with Crippen LogP contribution in [0.3, 0.4) is 0 Å². The third kappa shape index (κ3) is 3.46. The topological polar surface area (TPSA) is 17.8 Å². The lowest BCUT2D eigenvalue weighted by molar-refractivity contribution is 0.660. The molecule has 0 radical (unpaired) electrons. The normalized spacial score (nSPS) is 19.8. The van der Waals surface area contributed by atoms with Crippen LogP contribution in [0.1, 0.15) is 52.4 Å². The summed E-state index contributed by atoms with van der Waals surface area (Å²) < 4.78 is 181. The first-order chi connectivity index (χ1) is 29.9. The molecule has 0 atom stereocenters. The van der Waals surface area contributed by atoms with Gasteiger partial charge in [-0.15, -0.1) is 0 Å². The van der Waals surface area contributed by atoms with Gasteiger partial charge in [0.25, 0.3) is 0 Å². The first-order valence-electron chi connectivity index (χ1n) is 23.7. The highest BCUT2D eigenvalue weighted by atomic mass is 15.1. The van der Waals surface area contributed by atoms with Crippen molar-refractivity contribution < 1.29 is 27.4 Å². The predicted octanol–water partition coefficient (Wildman–Crippen LogP) is 11.0. The van der Waals surface area contributed by atoms with Crippen LogP contribution in [0.15, 0.2) is 145 Å². The quantitative estimate of drug-likeness (QED) is 0.189. The standard InChI is InChI=1S/C42H30N2/c1-42(2)35-21-11-10-16-29(35)30-25-24-27(26-36(30)42)39-31-17-6-8-19-33(31)40(34-20-9-7-18-32(34)39)41-43-37-22-12-13-23-38(37)44(41)28-14-4-3-5-15-28/h3-26H,1-2H3/i3D,4D,5D,6D,7D,8D,9D,10D,11D,14D,15D,16D,17D,18D,19D,20D,21D,24D,25D,26D.